The molecule has 0 spiro atoms. The number of nitrogens with zero attached hydrogens (tertiary/aromatic N) is 2. The van der Waals surface area contributed by atoms with E-state index in [0.29, 0.717) is 32.8 Å². The maximum absolute atomic E-state index is 11.9. The van der Waals surface area contributed by atoms with Gasteiger partial charge in [0.2, 0.25) is 10.0 Å². The summed E-state index contributed by atoms with van der Waals surface area (Å²) in [5.74, 6) is 0. The highest BCUT2D eigenvalue weighted by molar-refractivity contribution is 7.89. The van der Waals surface area contributed by atoms with Crippen molar-refractivity contribution in [2.75, 3.05) is 32.8 Å². The third-order valence-corrected chi connectivity index (χ3v) is 5.00. The molecular formula is C10H20N2O4S. The molecule has 0 atom stereocenters. The van der Waals surface area contributed by atoms with Gasteiger partial charge in [-0.1, -0.05) is 0 Å². The fourth-order valence-electron chi connectivity index (χ4n) is 1.64. The number of rotatable bonds is 3. The number of hydrogen-bond acceptors (Lipinski definition) is 4. The fourth-order valence-corrected chi connectivity index (χ4v) is 2.91. The Morgan fingerprint density at radius 3 is 2.18 bits per heavy atom. The Kier molecular flexibility index (Phi) is 4.76. The Balaban J connectivity index is 2.54. The summed E-state index contributed by atoms with van der Waals surface area (Å²) in [6.07, 6.45) is -0.367. The van der Waals surface area contributed by atoms with E-state index >= 15 is 0 Å². The number of carbonyl (C=O) groups is 1. The quantitative estimate of drug-likeness (QED) is 0.744. The van der Waals surface area contributed by atoms with E-state index in [1.54, 1.807) is 20.8 Å². The first-order valence-electron chi connectivity index (χ1n) is 5.80. The lowest BCUT2D eigenvalue weighted by molar-refractivity contribution is 0.0933. The third-order valence-electron chi connectivity index (χ3n) is 2.72. The largest absolute Gasteiger partial charge is 0.450 e. The van der Waals surface area contributed by atoms with Crippen LogP contribution in [-0.4, -0.2) is 61.8 Å². The Bertz CT molecular complexity index is 359. The molecule has 1 amide bonds. The minimum absolute atomic E-state index is 0.337. The zero-order chi connectivity index (χ0) is 13.1. The van der Waals surface area contributed by atoms with Gasteiger partial charge in [0.25, 0.3) is 0 Å². The van der Waals surface area contributed by atoms with Gasteiger partial charge < -0.3 is 9.64 Å². The summed E-state index contributed by atoms with van der Waals surface area (Å²) in [5, 5.41) is -0.420. The van der Waals surface area contributed by atoms with Crippen LogP contribution in [0.15, 0.2) is 0 Å². The molecule has 1 heterocycles. The maximum atomic E-state index is 11.9. The second-order valence-electron chi connectivity index (χ2n) is 4.18. The van der Waals surface area contributed by atoms with Gasteiger partial charge in [0.1, 0.15) is 0 Å². The zero-order valence-corrected chi connectivity index (χ0v) is 11.4. The molecule has 0 aliphatic carbocycles. The molecule has 0 aromatic heterocycles. The summed E-state index contributed by atoms with van der Waals surface area (Å²) in [5.41, 5.74) is 0. The van der Waals surface area contributed by atoms with E-state index in [1.165, 1.54) is 9.21 Å². The molecular weight excluding hydrogens is 244 g/mol. The third kappa shape index (κ3) is 3.32. The molecule has 0 saturated carbocycles. The van der Waals surface area contributed by atoms with E-state index < -0.39 is 15.3 Å². The Morgan fingerprint density at radius 2 is 1.76 bits per heavy atom. The van der Waals surface area contributed by atoms with Crippen molar-refractivity contribution in [3.05, 3.63) is 0 Å². The monoisotopic (exact) mass is 264 g/mol. The average molecular weight is 264 g/mol. The lowest BCUT2D eigenvalue weighted by atomic mass is 10.4. The van der Waals surface area contributed by atoms with Gasteiger partial charge in [0.15, 0.2) is 0 Å². The van der Waals surface area contributed by atoms with Crippen LogP contribution < -0.4 is 0 Å². The van der Waals surface area contributed by atoms with Crippen molar-refractivity contribution in [2.24, 2.45) is 0 Å². The normalized spacial score (nSPS) is 18.5. The van der Waals surface area contributed by atoms with Crippen LogP contribution in [0.4, 0.5) is 4.79 Å². The lowest BCUT2D eigenvalue weighted by Gasteiger charge is -2.34. The molecule has 1 fully saturated rings. The smallest absolute Gasteiger partial charge is 0.409 e. The predicted octanol–water partition coefficient (Wildman–Crippen LogP) is 0.499. The molecule has 0 bridgehead atoms. The van der Waals surface area contributed by atoms with E-state index in [0.717, 1.165) is 0 Å². The lowest BCUT2D eigenvalue weighted by Crippen LogP contribution is -2.52. The molecule has 0 unspecified atom stereocenters. The maximum Gasteiger partial charge on any atom is 0.409 e. The van der Waals surface area contributed by atoms with Crippen LogP contribution in [0.2, 0.25) is 0 Å². The molecule has 1 saturated heterocycles. The molecule has 0 aromatic carbocycles. The van der Waals surface area contributed by atoms with Gasteiger partial charge in [-0.05, 0) is 20.8 Å². The standard InChI is InChI=1S/C10H20N2O4S/c1-4-16-10(13)11-5-7-12(8-6-11)17(14,15)9(2)3/h9H,4-8H2,1-3H3. The SMILES string of the molecule is CCOC(=O)N1CCN(S(=O)(=O)C(C)C)CC1. The van der Waals surface area contributed by atoms with Gasteiger partial charge in [-0.15, -0.1) is 0 Å². The van der Waals surface area contributed by atoms with Crippen molar-refractivity contribution in [3.63, 3.8) is 0 Å². The molecule has 0 radical (unpaired) electrons. The van der Waals surface area contributed by atoms with Gasteiger partial charge in [0, 0.05) is 26.2 Å². The Labute approximate surface area is 103 Å². The van der Waals surface area contributed by atoms with Gasteiger partial charge >= 0.3 is 6.09 Å². The van der Waals surface area contributed by atoms with Crippen LogP contribution in [-0.2, 0) is 14.8 Å². The highest BCUT2D eigenvalue weighted by atomic mass is 32.2. The van der Waals surface area contributed by atoms with Crippen molar-refractivity contribution in [1.82, 2.24) is 9.21 Å². The molecule has 17 heavy (non-hydrogen) atoms. The molecule has 1 aliphatic rings. The highest BCUT2D eigenvalue weighted by Gasteiger charge is 2.31. The first kappa shape index (κ1) is 14.2. The Hall–Kier alpha value is -0.820. The van der Waals surface area contributed by atoms with Crippen LogP contribution in [0, 0.1) is 0 Å². The minimum atomic E-state index is -3.21. The number of piperazine rings is 1. The van der Waals surface area contributed by atoms with Crippen LogP contribution in [0.1, 0.15) is 20.8 Å². The molecule has 1 rings (SSSR count). The van der Waals surface area contributed by atoms with Crippen LogP contribution >= 0.6 is 0 Å². The van der Waals surface area contributed by atoms with Gasteiger partial charge in [-0.3, -0.25) is 0 Å². The molecule has 0 N–H and O–H groups in total. The van der Waals surface area contributed by atoms with Crippen molar-refractivity contribution in [1.29, 1.82) is 0 Å². The Morgan fingerprint density at radius 1 is 1.24 bits per heavy atom. The van der Waals surface area contributed by atoms with E-state index in [-0.39, 0.29) is 6.09 Å². The van der Waals surface area contributed by atoms with Gasteiger partial charge in [-0.25, -0.2) is 13.2 Å². The number of hydrogen-bond donors (Lipinski definition) is 0. The van der Waals surface area contributed by atoms with Crippen LogP contribution in [0.5, 0.6) is 0 Å². The van der Waals surface area contributed by atoms with Crippen LogP contribution in [0.25, 0.3) is 0 Å². The summed E-state index contributed by atoms with van der Waals surface area (Å²) in [6.45, 7) is 6.88. The predicted molar refractivity (Wildman–Crippen MR) is 64.2 cm³/mol. The van der Waals surface area contributed by atoms with E-state index in [9.17, 15) is 13.2 Å². The number of sulfonamides is 1. The van der Waals surface area contributed by atoms with Crippen LogP contribution in [0.3, 0.4) is 0 Å². The summed E-state index contributed by atoms with van der Waals surface area (Å²) in [6, 6.07) is 0. The molecule has 7 heteroatoms. The van der Waals surface area contributed by atoms with Crippen molar-refractivity contribution in [3.8, 4) is 0 Å². The van der Waals surface area contributed by atoms with E-state index in [2.05, 4.69) is 0 Å². The summed E-state index contributed by atoms with van der Waals surface area (Å²) in [4.78, 5) is 13.0. The average Bonchev–Trinajstić information content (AvgIpc) is 2.29. The summed E-state index contributed by atoms with van der Waals surface area (Å²) < 4.78 is 30.1. The zero-order valence-electron chi connectivity index (χ0n) is 10.5. The fraction of sp³-hybridized carbons (Fsp3) is 0.900. The minimum Gasteiger partial charge on any atom is -0.450 e. The molecule has 6 nitrogen and oxygen atoms in total. The highest BCUT2D eigenvalue weighted by Crippen LogP contribution is 2.12. The van der Waals surface area contributed by atoms with Crippen molar-refractivity contribution < 1.29 is 17.9 Å². The molecule has 100 valence electrons. The molecule has 0 aromatic rings. The van der Waals surface area contributed by atoms with Crippen molar-refractivity contribution in [2.45, 2.75) is 26.0 Å². The number of amides is 1. The summed E-state index contributed by atoms with van der Waals surface area (Å²) >= 11 is 0. The van der Waals surface area contributed by atoms with E-state index in [1.807, 2.05) is 0 Å². The summed E-state index contributed by atoms with van der Waals surface area (Å²) in [7, 11) is -3.21. The number of ether oxygens (including phenoxy) is 1. The second kappa shape index (κ2) is 5.68. The first-order chi connectivity index (χ1) is 7.89. The number of carbonyl (C=O) groups excluding carboxylic acids is 1. The molecule has 1 aliphatic heterocycles. The first-order valence-corrected chi connectivity index (χ1v) is 7.30. The van der Waals surface area contributed by atoms with Crippen molar-refractivity contribution >= 4 is 16.1 Å². The van der Waals surface area contributed by atoms with E-state index in [4.69, 9.17) is 4.74 Å². The second-order valence-corrected chi connectivity index (χ2v) is 6.67. The van der Waals surface area contributed by atoms with Gasteiger partial charge in [0.05, 0.1) is 11.9 Å². The van der Waals surface area contributed by atoms with Gasteiger partial charge in [-0.2, -0.15) is 4.31 Å². The topological polar surface area (TPSA) is 66.9 Å².